The fraction of sp³-hybridized carbons (Fsp3) is 0.0652. The highest BCUT2D eigenvalue weighted by Crippen LogP contribution is 2.52. The summed E-state index contributed by atoms with van der Waals surface area (Å²) < 4.78 is 13.2. The first-order valence-corrected chi connectivity index (χ1v) is 16.6. The summed E-state index contributed by atoms with van der Waals surface area (Å²) in [7, 11) is 0. The molecule has 1 aliphatic carbocycles. The number of hydrogen-bond donors (Lipinski definition) is 0. The van der Waals surface area contributed by atoms with Gasteiger partial charge in [-0.2, -0.15) is 5.26 Å². The van der Waals surface area contributed by atoms with Crippen molar-refractivity contribution < 1.29 is 8.83 Å². The molecule has 0 saturated carbocycles. The Hall–Kier alpha value is -6.37. The van der Waals surface area contributed by atoms with Crippen LogP contribution in [-0.2, 0) is 5.41 Å². The lowest BCUT2D eigenvalue weighted by molar-refractivity contribution is 0.656. The molecular formula is C46H29NO2. The Kier molecular flexibility index (Phi) is 5.69. The number of para-hydroxylation sites is 2. The number of furan rings is 2. The Bertz CT molecular complexity index is 2750. The summed E-state index contributed by atoms with van der Waals surface area (Å²) in [6, 6.07) is 51.2. The quantitative estimate of drug-likeness (QED) is 0.196. The van der Waals surface area contributed by atoms with Crippen LogP contribution in [-0.4, -0.2) is 0 Å². The molecule has 0 N–H and O–H groups in total. The van der Waals surface area contributed by atoms with Crippen LogP contribution in [0.25, 0.3) is 88.4 Å². The Balaban J connectivity index is 1.10. The van der Waals surface area contributed by atoms with Crippen LogP contribution in [0.1, 0.15) is 30.5 Å². The Morgan fingerprint density at radius 3 is 1.47 bits per heavy atom. The Morgan fingerprint density at radius 2 is 0.918 bits per heavy atom. The SMILES string of the molecule is CC1(C)c2cc(-c3ccc(-c4ccc(C#N)cc4)cc3)ccc2-c2ccc(-c3c4oc5ccccc5c4cc4c3oc3ccccc34)cc21. The first-order chi connectivity index (χ1) is 24.0. The van der Waals surface area contributed by atoms with Crippen molar-refractivity contribution in [1.29, 1.82) is 5.26 Å². The van der Waals surface area contributed by atoms with Crippen molar-refractivity contribution in [1.82, 2.24) is 0 Å². The molecule has 2 heterocycles. The van der Waals surface area contributed by atoms with Crippen LogP contribution in [0.4, 0.5) is 0 Å². The molecule has 1 aliphatic rings. The number of benzene rings is 7. The van der Waals surface area contributed by atoms with E-state index in [0.717, 1.165) is 66.1 Å². The van der Waals surface area contributed by atoms with Gasteiger partial charge < -0.3 is 8.83 Å². The van der Waals surface area contributed by atoms with E-state index in [2.05, 4.69) is 111 Å². The van der Waals surface area contributed by atoms with Crippen molar-refractivity contribution in [2.45, 2.75) is 19.3 Å². The summed E-state index contributed by atoms with van der Waals surface area (Å²) in [5.74, 6) is 0. The molecule has 0 atom stereocenters. The van der Waals surface area contributed by atoms with Crippen molar-refractivity contribution >= 4 is 43.9 Å². The summed E-state index contributed by atoms with van der Waals surface area (Å²) >= 11 is 0. The molecule has 230 valence electrons. The second-order valence-electron chi connectivity index (χ2n) is 13.6. The highest BCUT2D eigenvalue weighted by molar-refractivity contribution is 6.22. The van der Waals surface area contributed by atoms with E-state index in [-0.39, 0.29) is 5.41 Å². The zero-order valence-corrected chi connectivity index (χ0v) is 27.0. The maximum atomic E-state index is 9.16. The van der Waals surface area contributed by atoms with E-state index in [0.29, 0.717) is 5.56 Å². The minimum Gasteiger partial charge on any atom is -0.455 e. The molecule has 49 heavy (non-hydrogen) atoms. The Labute approximate surface area is 283 Å². The molecular weight excluding hydrogens is 599 g/mol. The highest BCUT2D eigenvalue weighted by Gasteiger charge is 2.36. The van der Waals surface area contributed by atoms with E-state index in [1.54, 1.807) is 0 Å². The molecule has 3 heteroatoms. The minimum absolute atomic E-state index is 0.214. The largest absolute Gasteiger partial charge is 0.455 e. The number of hydrogen-bond acceptors (Lipinski definition) is 3. The van der Waals surface area contributed by atoms with Crippen LogP contribution in [0.5, 0.6) is 0 Å². The van der Waals surface area contributed by atoms with Gasteiger partial charge in [0.05, 0.1) is 17.2 Å². The molecule has 2 aromatic heterocycles. The summed E-state index contributed by atoms with van der Waals surface area (Å²) in [6.07, 6.45) is 0. The third kappa shape index (κ3) is 4.01. The molecule has 7 aromatic carbocycles. The van der Waals surface area contributed by atoms with E-state index < -0.39 is 0 Å². The van der Waals surface area contributed by atoms with Crippen molar-refractivity contribution in [2.24, 2.45) is 0 Å². The van der Waals surface area contributed by atoms with Gasteiger partial charge in [-0.1, -0.05) is 111 Å². The molecule has 0 unspecified atom stereocenters. The van der Waals surface area contributed by atoms with Crippen LogP contribution in [0, 0.1) is 11.3 Å². The molecule has 0 fully saturated rings. The van der Waals surface area contributed by atoms with E-state index in [4.69, 9.17) is 14.1 Å². The fourth-order valence-corrected chi connectivity index (χ4v) is 7.96. The first-order valence-electron chi connectivity index (χ1n) is 16.6. The van der Waals surface area contributed by atoms with Crippen molar-refractivity contribution in [3.8, 4) is 50.6 Å². The molecule has 10 rings (SSSR count). The van der Waals surface area contributed by atoms with E-state index in [1.807, 2.05) is 48.5 Å². The second kappa shape index (κ2) is 10.1. The lowest BCUT2D eigenvalue weighted by Crippen LogP contribution is -2.15. The van der Waals surface area contributed by atoms with Gasteiger partial charge in [-0.3, -0.25) is 0 Å². The predicted octanol–water partition coefficient (Wildman–Crippen LogP) is 12.7. The van der Waals surface area contributed by atoms with Crippen molar-refractivity contribution in [2.75, 3.05) is 0 Å². The summed E-state index contributed by atoms with van der Waals surface area (Å²) in [5, 5.41) is 13.6. The lowest BCUT2D eigenvalue weighted by atomic mass is 9.80. The summed E-state index contributed by atoms with van der Waals surface area (Å²) in [4.78, 5) is 0. The van der Waals surface area contributed by atoms with Crippen LogP contribution >= 0.6 is 0 Å². The molecule has 0 saturated heterocycles. The van der Waals surface area contributed by atoms with E-state index >= 15 is 0 Å². The smallest absolute Gasteiger partial charge is 0.147 e. The van der Waals surface area contributed by atoms with Crippen LogP contribution in [0.15, 0.2) is 148 Å². The van der Waals surface area contributed by atoms with Gasteiger partial charge in [-0.25, -0.2) is 0 Å². The third-order valence-electron chi connectivity index (χ3n) is 10.5. The number of nitrogens with zero attached hydrogens (tertiary/aromatic N) is 1. The average Bonchev–Trinajstić information content (AvgIpc) is 3.78. The summed E-state index contributed by atoms with van der Waals surface area (Å²) in [6.45, 7) is 4.66. The van der Waals surface area contributed by atoms with Gasteiger partial charge in [0, 0.05) is 27.0 Å². The fourth-order valence-electron chi connectivity index (χ4n) is 7.96. The van der Waals surface area contributed by atoms with Gasteiger partial charge in [-0.05, 0) is 92.5 Å². The monoisotopic (exact) mass is 627 g/mol. The molecule has 0 radical (unpaired) electrons. The van der Waals surface area contributed by atoms with Crippen LogP contribution in [0.2, 0.25) is 0 Å². The lowest BCUT2D eigenvalue weighted by Gasteiger charge is -2.22. The number of nitriles is 1. The zero-order chi connectivity index (χ0) is 32.9. The molecule has 0 spiro atoms. The zero-order valence-electron chi connectivity index (χ0n) is 27.0. The van der Waals surface area contributed by atoms with Crippen LogP contribution < -0.4 is 0 Å². The third-order valence-corrected chi connectivity index (χ3v) is 10.5. The standard InChI is InChI=1S/C46H29NO2/c1-46(2)39-23-31(30-17-15-29(16-18-30)28-13-11-27(26-47)12-14-28)19-21-33(39)34-22-20-32(24-40(34)46)43-44-37(35-7-3-5-9-41(35)48-44)25-38-36-8-4-6-10-42(36)49-45(38)43/h3-25H,1-2H3. The van der Waals surface area contributed by atoms with Gasteiger partial charge in [0.25, 0.3) is 0 Å². The van der Waals surface area contributed by atoms with E-state index in [1.165, 1.54) is 33.4 Å². The van der Waals surface area contributed by atoms with Gasteiger partial charge in [0.2, 0.25) is 0 Å². The highest BCUT2D eigenvalue weighted by atomic mass is 16.3. The Morgan fingerprint density at radius 1 is 0.469 bits per heavy atom. The van der Waals surface area contributed by atoms with Gasteiger partial charge in [-0.15, -0.1) is 0 Å². The number of rotatable bonds is 3. The summed E-state index contributed by atoms with van der Waals surface area (Å²) in [5.41, 5.74) is 15.8. The normalized spacial score (nSPS) is 13.2. The van der Waals surface area contributed by atoms with Gasteiger partial charge in [0.1, 0.15) is 22.3 Å². The molecule has 0 amide bonds. The van der Waals surface area contributed by atoms with E-state index in [9.17, 15) is 0 Å². The van der Waals surface area contributed by atoms with Gasteiger partial charge in [0.15, 0.2) is 0 Å². The maximum Gasteiger partial charge on any atom is 0.147 e. The van der Waals surface area contributed by atoms with Crippen molar-refractivity contribution in [3.05, 3.63) is 156 Å². The number of fused-ring (bicyclic) bond motifs is 9. The maximum absolute atomic E-state index is 9.16. The average molecular weight is 628 g/mol. The van der Waals surface area contributed by atoms with Crippen molar-refractivity contribution in [3.63, 3.8) is 0 Å². The second-order valence-corrected chi connectivity index (χ2v) is 13.6. The molecule has 3 nitrogen and oxygen atoms in total. The topological polar surface area (TPSA) is 50.1 Å². The molecule has 0 aliphatic heterocycles. The predicted molar refractivity (Wildman–Crippen MR) is 200 cm³/mol. The molecule has 9 aromatic rings. The van der Waals surface area contributed by atoms with Crippen LogP contribution in [0.3, 0.4) is 0 Å². The molecule has 0 bridgehead atoms. The first kappa shape index (κ1) is 27.7. The van der Waals surface area contributed by atoms with Gasteiger partial charge >= 0.3 is 0 Å². The minimum atomic E-state index is -0.214.